The predicted octanol–water partition coefficient (Wildman–Crippen LogP) is 3.91. The topological polar surface area (TPSA) is 79.7 Å². The Morgan fingerprint density at radius 3 is 2.77 bits per heavy atom. The minimum Gasteiger partial charge on any atom is -0.507 e. The lowest BCUT2D eigenvalue weighted by Crippen LogP contribution is -2.28. The largest absolute Gasteiger partial charge is 0.507 e. The summed E-state index contributed by atoms with van der Waals surface area (Å²) < 4.78 is 19.1. The number of ketones is 1. The van der Waals surface area contributed by atoms with Gasteiger partial charge in [0.2, 0.25) is 0 Å². The molecule has 1 fully saturated rings. The molecule has 152 valence electrons. The molecule has 2 aromatic heterocycles. The van der Waals surface area contributed by atoms with Crippen LogP contribution in [0.4, 0.5) is 4.39 Å². The molecule has 6 nitrogen and oxygen atoms in total. The van der Waals surface area contributed by atoms with Gasteiger partial charge in [-0.2, -0.15) is 0 Å². The standard InChI is InChI=1S/C22H17FN2O4S/c1-29-16-7-6-14(23)10-15(16)20(26)18-19(17-5-3-9-30-17)25(22(28)21(18)27)12-13-4-2-8-24-11-13/h2-11,19,26H,12H2,1H3. The van der Waals surface area contributed by atoms with Crippen molar-refractivity contribution in [2.45, 2.75) is 12.6 Å². The summed E-state index contributed by atoms with van der Waals surface area (Å²) in [6.45, 7) is 0.137. The molecule has 3 aromatic rings. The third kappa shape index (κ3) is 3.46. The summed E-state index contributed by atoms with van der Waals surface area (Å²) in [7, 11) is 1.38. The summed E-state index contributed by atoms with van der Waals surface area (Å²) in [5, 5.41) is 12.8. The van der Waals surface area contributed by atoms with Gasteiger partial charge in [-0.05, 0) is 41.3 Å². The van der Waals surface area contributed by atoms with Gasteiger partial charge in [0.05, 0.1) is 24.3 Å². The van der Waals surface area contributed by atoms with E-state index in [1.165, 1.54) is 35.5 Å². The van der Waals surface area contributed by atoms with Crippen molar-refractivity contribution >= 4 is 28.8 Å². The Labute approximate surface area is 175 Å². The molecule has 4 rings (SSSR count). The number of carbonyl (C=O) groups excluding carboxylic acids is 2. The number of aliphatic hydroxyl groups excluding tert-OH is 1. The molecular weight excluding hydrogens is 407 g/mol. The molecule has 1 saturated heterocycles. The minimum atomic E-state index is -0.832. The number of Topliss-reactive ketones (excluding diaryl/α,β-unsaturated/α-hetero) is 1. The normalized spacial score (nSPS) is 18.1. The van der Waals surface area contributed by atoms with Gasteiger partial charge < -0.3 is 14.7 Å². The second-order valence-corrected chi connectivity index (χ2v) is 7.63. The highest BCUT2D eigenvalue weighted by molar-refractivity contribution is 7.10. The number of methoxy groups -OCH3 is 1. The van der Waals surface area contributed by atoms with Crippen LogP contribution in [0.25, 0.3) is 5.76 Å². The Balaban J connectivity index is 1.88. The third-order valence-electron chi connectivity index (χ3n) is 4.84. The van der Waals surface area contributed by atoms with Gasteiger partial charge in [0, 0.05) is 23.8 Å². The molecule has 30 heavy (non-hydrogen) atoms. The summed E-state index contributed by atoms with van der Waals surface area (Å²) in [5.41, 5.74) is 0.651. The zero-order chi connectivity index (χ0) is 21.3. The fourth-order valence-corrected chi connectivity index (χ4v) is 4.33. The number of aliphatic hydroxyl groups is 1. The third-order valence-corrected chi connectivity index (χ3v) is 5.77. The lowest BCUT2D eigenvalue weighted by Gasteiger charge is -2.24. The van der Waals surface area contributed by atoms with Gasteiger partial charge in [0.25, 0.3) is 11.7 Å². The number of thiophene rings is 1. The van der Waals surface area contributed by atoms with E-state index in [4.69, 9.17) is 4.74 Å². The van der Waals surface area contributed by atoms with Crippen LogP contribution in [-0.4, -0.2) is 33.8 Å². The number of nitrogens with zero attached hydrogens (tertiary/aromatic N) is 2. The van der Waals surface area contributed by atoms with E-state index >= 15 is 0 Å². The molecule has 8 heteroatoms. The molecule has 1 aliphatic heterocycles. The molecule has 0 spiro atoms. The van der Waals surface area contributed by atoms with E-state index in [2.05, 4.69) is 4.98 Å². The maximum atomic E-state index is 13.9. The molecule has 1 N–H and O–H groups in total. The second-order valence-electron chi connectivity index (χ2n) is 6.65. The molecule has 1 amide bonds. The molecule has 1 atom stereocenters. The van der Waals surface area contributed by atoms with Gasteiger partial charge in [0.15, 0.2) is 0 Å². The van der Waals surface area contributed by atoms with Crippen LogP contribution in [0, 0.1) is 5.82 Å². The number of amides is 1. The monoisotopic (exact) mass is 424 g/mol. The Morgan fingerprint density at radius 1 is 1.27 bits per heavy atom. The van der Waals surface area contributed by atoms with Crippen LogP contribution >= 0.6 is 11.3 Å². The van der Waals surface area contributed by atoms with E-state index in [1.807, 2.05) is 5.38 Å². The molecule has 0 aliphatic carbocycles. The molecule has 0 radical (unpaired) electrons. The van der Waals surface area contributed by atoms with E-state index in [1.54, 1.807) is 36.7 Å². The highest BCUT2D eigenvalue weighted by Crippen LogP contribution is 2.43. The summed E-state index contributed by atoms with van der Waals surface area (Å²) in [6.07, 6.45) is 3.23. The first kappa shape index (κ1) is 19.8. The lowest BCUT2D eigenvalue weighted by atomic mass is 9.99. The molecule has 1 unspecified atom stereocenters. The first-order chi connectivity index (χ1) is 14.5. The van der Waals surface area contributed by atoms with Gasteiger partial charge in [-0.3, -0.25) is 14.6 Å². The van der Waals surface area contributed by atoms with Gasteiger partial charge >= 0.3 is 0 Å². The Morgan fingerprint density at radius 2 is 2.10 bits per heavy atom. The molecule has 3 heterocycles. The highest BCUT2D eigenvalue weighted by Gasteiger charge is 2.46. The SMILES string of the molecule is COc1ccc(F)cc1C(O)=C1C(=O)C(=O)N(Cc2cccnc2)C1c1cccs1. The zero-order valence-corrected chi connectivity index (χ0v) is 16.7. The van der Waals surface area contributed by atoms with Gasteiger partial charge in [-0.15, -0.1) is 11.3 Å². The summed E-state index contributed by atoms with van der Waals surface area (Å²) in [5.74, 6) is -2.46. The van der Waals surface area contributed by atoms with Crippen molar-refractivity contribution in [1.82, 2.24) is 9.88 Å². The number of pyridine rings is 1. The number of benzene rings is 1. The van der Waals surface area contributed by atoms with Crippen molar-refractivity contribution in [2.24, 2.45) is 0 Å². The molecule has 1 aromatic carbocycles. The number of likely N-dealkylation sites (tertiary alicyclic amines) is 1. The van der Waals surface area contributed by atoms with E-state index in [-0.39, 0.29) is 23.4 Å². The van der Waals surface area contributed by atoms with Crippen LogP contribution in [0.1, 0.15) is 22.0 Å². The van der Waals surface area contributed by atoms with Gasteiger partial charge in [-0.25, -0.2) is 4.39 Å². The first-order valence-corrected chi connectivity index (χ1v) is 9.94. The van der Waals surface area contributed by atoms with Crippen LogP contribution < -0.4 is 4.74 Å². The van der Waals surface area contributed by atoms with Crippen LogP contribution in [0.5, 0.6) is 5.75 Å². The van der Waals surface area contributed by atoms with Crippen molar-refractivity contribution in [1.29, 1.82) is 0 Å². The van der Waals surface area contributed by atoms with E-state index in [0.717, 1.165) is 11.6 Å². The molecule has 1 aliphatic rings. The lowest BCUT2D eigenvalue weighted by molar-refractivity contribution is -0.140. The van der Waals surface area contributed by atoms with Crippen molar-refractivity contribution in [3.8, 4) is 5.75 Å². The maximum absolute atomic E-state index is 13.9. The number of hydrogen-bond donors (Lipinski definition) is 1. The summed E-state index contributed by atoms with van der Waals surface area (Å²) in [4.78, 5) is 32.0. The number of halogens is 1. The van der Waals surface area contributed by atoms with E-state index in [9.17, 15) is 19.1 Å². The van der Waals surface area contributed by atoms with Gasteiger partial charge in [-0.1, -0.05) is 12.1 Å². The fourth-order valence-electron chi connectivity index (χ4n) is 3.48. The van der Waals surface area contributed by atoms with Crippen LogP contribution in [0.2, 0.25) is 0 Å². The van der Waals surface area contributed by atoms with Gasteiger partial charge in [0.1, 0.15) is 17.3 Å². The highest BCUT2D eigenvalue weighted by atomic mass is 32.1. The number of rotatable bonds is 5. The van der Waals surface area contributed by atoms with Crippen molar-refractivity contribution in [3.63, 3.8) is 0 Å². The molecule has 0 saturated carbocycles. The molecular formula is C22H17FN2O4S. The van der Waals surface area contributed by atoms with Crippen LogP contribution in [0.15, 0.2) is 65.8 Å². The minimum absolute atomic E-state index is 0.0124. The summed E-state index contributed by atoms with van der Waals surface area (Å²) >= 11 is 1.36. The van der Waals surface area contributed by atoms with Crippen molar-refractivity contribution in [3.05, 3.63) is 87.6 Å². The predicted molar refractivity (Wildman–Crippen MR) is 109 cm³/mol. The Bertz CT molecular complexity index is 1130. The molecule has 0 bridgehead atoms. The second kappa shape index (κ2) is 8.08. The quantitative estimate of drug-likeness (QED) is 0.382. The van der Waals surface area contributed by atoms with Crippen molar-refractivity contribution in [2.75, 3.05) is 7.11 Å². The number of ether oxygens (including phenoxy) is 1. The van der Waals surface area contributed by atoms with Crippen molar-refractivity contribution < 1.29 is 23.8 Å². The first-order valence-electron chi connectivity index (χ1n) is 9.06. The van der Waals surface area contributed by atoms with Crippen LogP contribution in [-0.2, 0) is 16.1 Å². The van der Waals surface area contributed by atoms with E-state index < -0.39 is 29.3 Å². The maximum Gasteiger partial charge on any atom is 0.295 e. The zero-order valence-electron chi connectivity index (χ0n) is 15.9. The average Bonchev–Trinajstić information content (AvgIpc) is 3.37. The number of aromatic nitrogens is 1. The van der Waals surface area contributed by atoms with Crippen LogP contribution in [0.3, 0.4) is 0 Å². The smallest absolute Gasteiger partial charge is 0.295 e. The number of hydrogen-bond acceptors (Lipinski definition) is 6. The summed E-state index contributed by atoms with van der Waals surface area (Å²) in [6, 6.07) is 9.94. The number of carbonyl (C=O) groups is 2. The Hall–Kier alpha value is -3.52. The Kier molecular flexibility index (Phi) is 5.33. The average molecular weight is 424 g/mol. The van der Waals surface area contributed by atoms with E-state index in [0.29, 0.717) is 4.88 Å². The fraction of sp³-hybridized carbons (Fsp3) is 0.136.